The molecule has 1 aromatic carbocycles. The molecule has 2 rings (SSSR count). The molecular weight excluding hydrogens is 337 g/mol. The molecule has 8 nitrogen and oxygen atoms in total. The molecule has 0 amide bonds. The van der Waals surface area contributed by atoms with Crippen molar-refractivity contribution < 1.29 is 39.8 Å². The first-order valence-corrected chi connectivity index (χ1v) is 7.65. The number of halogens is 1. The Morgan fingerprint density at radius 1 is 1.04 bits per heavy atom. The number of Topliss-reactive ketones (excluding diaryl/α,β-unsaturated/α-hetero) is 1. The zero-order valence-electron chi connectivity index (χ0n) is 13.2. The van der Waals surface area contributed by atoms with E-state index in [0.29, 0.717) is 11.3 Å². The Labute approximate surface area is 142 Å². The Hall–Kier alpha value is -1.75. The van der Waals surface area contributed by atoms with Gasteiger partial charge in [-0.1, -0.05) is 0 Å². The molecule has 25 heavy (non-hydrogen) atoms. The van der Waals surface area contributed by atoms with Crippen LogP contribution in [0.2, 0.25) is 0 Å². The third kappa shape index (κ3) is 4.46. The lowest BCUT2D eigenvalue weighted by Gasteiger charge is -2.28. The second-order valence-corrected chi connectivity index (χ2v) is 5.92. The van der Waals surface area contributed by atoms with Crippen molar-refractivity contribution in [3.8, 4) is 0 Å². The molecule has 0 saturated heterocycles. The maximum absolute atomic E-state index is 13.2. The summed E-state index contributed by atoms with van der Waals surface area (Å²) in [4.78, 5) is 16.1. The monoisotopic (exact) mass is 357 g/mol. The fourth-order valence-corrected chi connectivity index (χ4v) is 2.53. The molecular formula is C16H20FNO7. The summed E-state index contributed by atoms with van der Waals surface area (Å²) in [5.74, 6) is -0.963. The zero-order chi connectivity index (χ0) is 18.7. The van der Waals surface area contributed by atoms with Gasteiger partial charge in [0.15, 0.2) is 5.78 Å². The number of carbonyl (C=O) groups excluding carboxylic acids is 1. The molecule has 1 aromatic rings. The van der Waals surface area contributed by atoms with E-state index in [9.17, 15) is 34.7 Å². The van der Waals surface area contributed by atoms with Crippen LogP contribution >= 0.6 is 0 Å². The van der Waals surface area contributed by atoms with Crippen LogP contribution in [-0.4, -0.2) is 79.3 Å². The van der Waals surface area contributed by atoms with Crippen molar-refractivity contribution in [3.05, 3.63) is 29.6 Å². The SMILES string of the molecule is O=C1Cc2cc(F)ccc2N=C1CC(O)[C@@H](O)C(O)[C@H](O)[C@H](O)CO. The van der Waals surface area contributed by atoms with E-state index in [1.165, 1.54) is 18.2 Å². The van der Waals surface area contributed by atoms with E-state index in [4.69, 9.17) is 5.11 Å². The van der Waals surface area contributed by atoms with Crippen molar-refractivity contribution in [2.75, 3.05) is 6.61 Å². The number of hydrogen-bond donors (Lipinski definition) is 6. The number of fused-ring (bicyclic) bond motifs is 1. The van der Waals surface area contributed by atoms with Gasteiger partial charge in [0.25, 0.3) is 0 Å². The van der Waals surface area contributed by atoms with Gasteiger partial charge in [0.05, 0.1) is 24.1 Å². The first-order chi connectivity index (χ1) is 11.7. The molecule has 0 spiro atoms. The number of aliphatic hydroxyl groups is 6. The molecule has 0 bridgehead atoms. The number of hydrogen-bond acceptors (Lipinski definition) is 8. The second kappa shape index (κ2) is 8.09. The van der Waals surface area contributed by atoms with Crippen LogP contribution in [0.15, 0.2) is 23.2 Å². The van der Waals surface area contributed by atoms with Gasteiger partial charge in [0.1, 0.15) is 30.2 Å². The molecule has 0 aromatic heterocycles. The van der Waals surface area contributed by atoms with E-state index < -0.39 is 55.1 Å². The molecule has 1 heterocycles. The fourth-order valence-electron chi connectivity index (χ4n) is 2.53. The van der Waals surface area contributed by atoms with Crippen LogP contribution < -0.4 is 0 Å². The Bertz CT molecular complexity index is 666. The Morgan fingerprint density at radius 3 is 2.32 bits per heavy atom. The maximum atomic E-state index is 13.2. The summed E-state index contributed by atoms with van der Waals surface area (Å²) in [6, 6.07) is 3.75. The van der Waals surface area contributed by atoms with E-state index in [-0.39, 0.29) is 12.1 Å². The number of ketones is 1. The molecule has 0 aliphatic carbocycles. The summed E-state index contributed by atoms with van der Waals surface area (Å²) < 4.78 is 13.2. The Balaban J connectivity index is 2.10. The number of benzene rings is 1. The van der Waals surface area contributed by atoms with Crippen LogP contribution in [0.5, 0.6) is 0 Å². The lowest BCUT2D eigenvalue weighted by molar-refractivity contribution is -0.139. The van der Waals surface area contributed by atoms with E-state index in [2.05, 4.69) is 4.99 Å². The predicted octanol–water partition coefficient (Wildman–Crippen LogP) is -1.79. The van der Waals surface area contributed by atoms with Gasteiger partial charge >= 0.3 is 0 Å². The first-order valence-electron chi connectivity index (χ1n) is 7.65. The Kier molecular flexibility index (Phi) is 6.33. The van der Waals surface area contributed by atoms with Gasteiger partial charge in [0, 0.05) is 12.8 Å². The van der Waals surface area contributed by atoms with Crippen molar-refractivity contribution in [1.82, 2.24) is 0 Å². The van der Waals surface area contributed by atoms with Crippen LogP contribution in [0.25, 0.3) is 0 Å². The van der Waals surface area contributed by atoms with Crippen molar-refractivity contribution >= 4 is 17.2 Å². The molecule has 5 atom stereocenters. The third-order valence-electron chi connectivity index (χ3n) is 4.05. The quantitative estimate of drug-likeness (QED) is 0.337. The van der Waals surface area contributed by atoms with Gasteiger partial charge in [0.2, 0.25) is 0 Å². The summed E-state index contributed by atoms with van der Waals surface area (Å²) in [7, 11) is 0. The number of nitrogens with zero attached hydrogens (tertiary/aromatic N) is 1. The summed E-state index contributed by atoms with van der Waals surface area (Å²) >= 11 is 0. The van der Waals surface area contributed by atoms with Crippen LogP contribution in [0.3, 0.4) is 0 Å². The van der Waals surface area contributed by atoms with Gasteiger partial charge in [-0.2, -0.15) is 0 Å². The van der Waals surface area contributed by atoms with Gasteiger partial charge in [-0.15, -0.1) is 0 Å². The van der Waals surface area contributed by atoms with Crippen molar-refractivity contribution in [2.24, 2.45) is 4.99 Å². The minimum absolute atomic E-state index is 0.0601. The highest BCUT2D eigenvalue weighted by Gasteiger charge is 2.35. The van der Waals surface area contributed by atoms with E-state index >= 15 is 0 Å². The van der Waals surface area contributed by atoms with Crippen molar-refractivity contribution in [2.45, 2.75) is 43.4 Å². The first kappa shape index (κ1) is 19.6. The van der Waals surface area contributed by atoms with Gasteiger partial charge in [-0.05, 0) is 23.8 Å². The minimum atomic E-state index is -1.95. The second-order valence-electron chi connectivity index (χ2n) is 5.92. The smallest absolute Gasteiger partial charge is 0.181 e. The number of rotatable bonds is 7. The molecule has 0 radical (unpaired) electrons. The summed E-state index contributed by atoms with van der Waals surface area (Å²) in [5, 5.41) is 57.2. The topological polar surface area (TPSA) is 151 Å². The average Bonchev–Trinajstić information content (AvgIpc) is 2.59. The predicted molar refractivity (Wildman–Crippen MR) is 83.9 cm³/mol. The van der Waals surface area contributed by atoms with Crippen LogP contribution in [-0.2, 0) is 11.2 Å². The minimum Gasteiger partial charge on any atom is -0.394 e. The van der Waals surface area contributed by atoms with Crippen LogP contribution in [0, 0.1) is 5.82 Å². The maximum Gasteiger partial charge on any atom is 0.181 e. The van der Waals surface area contributed by atoms with Gasteiger partial charge in [-0.3, -0.25) is 4.79 Å². The molecule has 1 aliphatic heterocycles. The summed E-state index contributed by atoms with van der Waals surface area (Å²) in [6.45, 7) is -0.848. The molecule has 1 aliphatic rings. The Morgan fingerprint density at radius 2 is 1.68 bits per heavy atom. The number of carbonyl (C=O) groups is 1. The molecule has 0 fully saturated rings. The van der Waals surface area contributed by atoms with Crippen molar-refractivity contribution in [1.29, 1.82) is 0 Å². The zero-order valence-corrected chi connectivity index (χ0v) is 13.2. The third-order valence-corrected chi connectivity index (χ3v) is 4.05. The lowest BCUT2D eigenvalue weighted by atomic mass is 9.92. The van der Waals surface area contributed by atoms with Crippen molar-refractivity contribution in [3.63, 3.8) is 0 Å². The summed E-state index contributed by atoms with van der Waals surface area (Å²) in [6.07, 6.45) is -9.59. The molecule has 9 heteroatoms. The average molecular weight is 357 g/mol. The highest BCUT2D eigenvalue weighted by Crippen LogP contribution is 2.26. The van der Waals surface area contributed by atoms with Crippen LogP contribution in [0.4, 0.5) is 10.1 Å². The molecule has 6 N–H and O–H groups in total. The molecule has 138 valence electrons. The van der Waals surface area contributed by atoms with E-state index in [1.54, 1.807) is 0 Å². The number of aliphatic imine (C=N–C) groups is 1. The largest absolute Gasteiger partial charge is 0.394 e. The standard InChI is InChI=1S/C16H20FNO7/c17-8-1-2-9-7(3-8)4-11(20)10(18-9)5-12(21)14(23)16(25)15(24)13(22)6-19/h1-3,12-16,19,21-25H,4-6H2/t12?,13-,14-,15-,16?/m1/s1. The number of aliphatic hydroxyl groups excluding tert-OH is 6. The highest BCUT2D eigenvalue weighted by molar-refractivity contribution is 6.41. The van der Waals surface area contributed by atoms with Gasteiger partial charge < -0.3 is 30.6 Å². The summed E-state index contributed by atoms with van der Waals surface area (Å²) in [5.41, 5.74) is 0.717. The van der Waals surface area contributed by atoms with E-state index in [1.807, 2.05) is 0 Å². The molecule has 2 unspecified atom stereocenters. The highest BCUT2D eigenvalue weighted by atomic mass is 19.1. The lowest BCUT2D eigenvalue weighted by Crippen LogP contribution is -2.50. The van der Waals surface area contributed by atoms with Gasteiger partial charge in [-0.25, -0.2) is 9.38 Å². The van der Waals surface area contributed by atoms with E-state index in [0.717, 1.165) is 0 Å². The molecule has 0 saturated carbocycles. The normalized spacial score (nSPS) is 20.3. The fraction of sp³-hybridized carbons (Fsp3) is 0.500. The van der Waals surface area contributed by atoms with Crippen LogP contribution in [0.1, 0.15) is 12.0 Å².